The molecule has 2 rings (SSSR count). The largest absolute Gasteiger partial charge is 0.360 e. The van der Waals surface area contributed by atoms with E-state index in [0.717, 1.165) is 12.1 Å². The van der Waals surface area contributed by atoms with Crippen molar-refractivity contribution in [2.75, 3.05) is 18.5 Å². The van der Waals surface area contributed by atoms with E-state index in [0.29, 0.717) is 11.5 Å². The van der Waals surface area contributed by atoms with Gasteiger partial charge in [-0.2, -0.15) is 0 Å². The minimum absolute atomic E-state index is 0.170. The number of rotatable bonds is 5. The minimum atomic E-state index is -0.344. The van der Waals surface area contributed by atoms with E-state index in [9.17, 15) is 10.1 Å². The van der Waals surface area contributed by atoms with Gasteiger partial charge in [0.05, 0.1) is 4.92 Å². The molecule has 0 saturated carbocycles. The Morgan fingerprint density at radius 1 is 1.44 bits per heavy atom. The van der Waals surface area contributed by atoms with Gasteiger partial charge in [-0.1, -0.05) is 6.07 Å². The van der Waals surface area contributed by atoms with E-state index >= 15 is 0 Å². The van der Waals surface area contributed by atoms with E-state index < -0.39 is 0 Å². The van der Waals surface area contributed by atoms with Gasteiger partial charge in [-0.05, 0) is 17.5 Å². The highest BCUT2D eigenvalue weighted by molar-refractivity contribution is 7.14. The fourth-order valence-corrected chi connectivity index (χ4v) is 2.51. The Morgan fingerprint density at radius 3 is 2.94 bits per heavy atom. The van der Waals surface area contributed by atoms with Crippen LogP contribution in [0, 0.1) is 10.1 Å². The fraction of sp³-hybridized carbons (Fsp3) is 0.250. The zero-order valence-corrected chi connectivity index (χ0v) is 10.8. The second kappa shape index (κ2) is 5.59. The van der Waals surface area contributed by atoms with E-state index in [1.54, 1.807) is 11.6 Å². The Hall–Kier alpha value is -1.95. The van der Waals surface area contributed by atoms with E-state index in [-0.39, 0.29) is 10.6 Å². The van der Waals surface area contributed by atoms with Crippen LogP contribution >= 0.6 is 11.3 Å². The lowest BCUT2D eigenvalue weighted by Crippen LogP contribution is -2.20. The van der Waals surface area contributed by atoms with Crippen LogP contribution in [0.5, 0.6) is 0 Å². The smallest absolute Gasteiger partial charge is 0.303 e. The summed E-state index contributed by atoms with van der Waals surface area (Å²) < 4.78 is 0. The molecule has 0 bridgehead atoms. The van der Waals surface area contributed by atoms with Gasteiger partial charge in [0.15, 0.2) is 5.00 Å². The van der Waals surface area contributed by atoms with Crippen molar-refractivity contribution in [2.45, 2.75) is 6.42 Å². The molecule has 0 amide bonds. The van der Waals surface area contributed by atoms with Crippen LogP contribution < -0.4 is 4.90 Å². The first-order valence-electron chi connectivity index (χ1n) is 5.51. The van der Waals surface area contributed by atoms with E-state index in [2.05, 4.69) is 4.98 Å². The summed E-state index contributed by atoms with van der Waals surface area (Å²) in [4.78, 5) is 16.6. The predicted molar refractivity (Wildman–Crippen MR) is 72.2 cm³/mol. The fourth-order valence-electron chi connectivity index (χ4n) is 1.65. The molecular weight excluding hydrogens is 250 g/mol. The summed E-state index contributed by atoms with van der Waals surface area (Å²) in [6.07, 6.45) is 2.52. The molecule has 0 N–H and O–H groups in total. The van der Waals surface area contributed by atoms with Crippen LogP contribution in [-0.4, -0.2) is 23.5 Å². The van der Waals surface area contributed by atoms with Crippen molar-refractivity contribution in [3.8, 4) is 0 Å². The molecule has 0 unspecified atom stereocenters. The molecule has 0 atom stereocenters. The number of thiophene rings is 1. The Kier molecular flexibility index (Phi) is 3.88. The highest BCUT2D eigenvalue weighted by Crippen LogP contribution is 2.33. The second-order valence-electron chi connectivity index (χ2n) is 3.86. The van der Waals surface area contributed by atoms with Crippen LogP contribution in [0.2, 0.25) is 0 Å². The van der Waals surface area contributed by atoms with Crippen LogP contribution in [-0.2, 0) is 6.42 Å². The summed E-state index contributed by atoms with van der Waals surface area (Å²) in [5, 5.41) is 13.3. The maximum atomic E-state index is 10.8. The number of aromatic nitrogens is 1. The van der Waals surface area contributed by atoms with Gasteiger partial charge < -0.3 is 4.90 Å². The number of nitrogens with zero attached hydrogens (tertiary/aromatic N) is 3. The number of anilines is 1. The summed E-state index contributed by atoms with van der Waals surface area (Å²) in [5.41, 5.74) is 1.16. The van der Waals surface area contributed by atoms with Crippen molar-refractivity contribution < 1.29 is 4.92 Å². The van der Waals surface area contributed by atoms with Crippen molar-refractivity contribution in [1.29, 1.82) is 0 Å². The van der Waals surface area contributed by atoms with Crippen molar-refractivity contribution in [2.24, 2.45) is 0 Å². The van der Waals surface area contributed by atoms with Crippen molar-refractivity contribution in [3.05, 3.63) is 51.7 Å². The lowest BCUT2D eigenvalue weighted by atomic mass is 10.2. The van der Waals surface area contributed by atoms with Gasteiger partial charge in [0, 0.05) is 38.0 Å². The first-order valence-corrected chi connectivity index (χ1v) is 6.39. The molecule has 18 heavy (non-hydrogen) atoms. The number of pyridine rings is 1. The molecule has 2 aromatic heterocycles. The van der Waals surface area contributed by atoms with E-state index in [1.807, 2.05) is 30.1 Å². The molecule has 0 radical (unpaired) electrons. The molecule has 2 aromatic rings. The maximum absolute atomic E-state index is 10.8. The first kappa shape index (κ1) is 12.5. The predicted octanol–water partition coefficient (Wildman–Crippen LogP) is 2.73. The Morgan fingerprint density at radius 2 is 2.28 bits per heavy atom. The first-order chi connectivity index (χ1) is 8.68. The SMILES string of the molecule is CN(CCc1ccccn1)c1sccc1[N+](=O)[O-]. The molecule has 0 aliphatic heterocycles. The second-order valence-corrected chi connectivity index (χ2v) is 4.76. The Bertz CT molecular complexity index is 527. The normalized spacial score (nSPS) is 10.3. The molecule has 0 aromatic carbocycles. The summed E-state index contributed by atoms with van der Waals surface area (Å²) in [6.45, 7) is 0.707. The highest BCUT2D eigenvalue weighted by Gasteiger charge is 2.18. The van der Waals surface area contributed by atoms with Gasteiger partial charge in [-0.3, -0.25) is 15.1 Å². The van der Waals surface area contributed by atoms with Gasteiger partial charge in [0.1, 0.15) is 0 Å². The highest BCUT2D eigenvalue weighted by atomic mass is 32.1. The number of nitro groups is 1. The average Bonchev–Trinajstić information content (AvgIpc) is 2.86. The molecule has 0 aliphatic rings. The third-order valence-electron chi connectivity index (χ3n) is 2.60. The van der Waals surface area contributed by atoms with Gasteiger partial charge in [-0.15, -0.1) is 11.3 Å². The summed E-state index contributed by atoms with van der Waals surface area (Å²) in [7, 11) is 1.86. The van der Waals surface area contributed by atoms with Crippen molar-refractivity contribution in [3.63, 3.8) is 0 Å². The van der Waals surface area contributed by atoms with E-state index in [4.69, 9.17) is 0 Å². The summed E-state index contributed by atoms with van der Waals surface area (Å²) in [5.74, 6) is 0. The van der Waals surface area contributed by atoms with Crippen molar-refractivity contribution >= 4 is 22.0 Å². The van der Waals surface area contributed by atoms with Gasteiger partial charge in [0.2, 0.25) is 0 Å². The molecule has 5 nitrogen and oxygen atoms in total. The minimum Gasteiger partial charge on any atom is -0.360 e. The third kappa shape index (κ3) is 2.84. The average molecular weight is 263 g/mol. The standard InChI is InChI=1S/C12H13N3O2S/c1-14(8-5-10-4-2-3-7-13-10)12-11(15(16)17)6-9-18-12/h2-4,6-7,9H,5,8H2,1H3. The molecular formula is C12H13N3O2S. The monoisotopic (exact) mass is 263 g/mol. The molecule has 0 fully saturated rings. The molecule has 0 saturated heterocycles. The van der Waals surface area contributed by atoms with Crippen molar-refractivity contribution in [1.82, 2.24) is 4.98 Å². The third-order valence-corrected chi connectivity index (χ3v) is 3.61. The molecule has 94 valence electrons. The maximum Gasteiger partial charge on any atom is 0.303 e. The zero-order chi connectivity index (χ0) is 13.0. The molecule has 6 heteroatoms. The van der Waals surface area contributed by atoms with Crippen LogP contribution in [0.4, 0.5) is 10.7 Å². The van der Waals surface area contributed by atoms with Crippen LogP contribution in [0.3, 0.4) is 0 Å². The molecule has 0 aliphatic carbocycles. The van der Waals surface area contributed by atoms with Crippen LogP contribution in [0.25, 0.3) is 0 Å². The number of hydrogen-bond donors (Lipinski definition) is 0. The lowest BCUT2D eigenvalue weighted by Gasteiger charge is -2.16. The van der Waals surface area contributed by atoms with Gasteiger partial charge in [0.25, 0.3) is 0 Å². The lowest BCUT2D eigenvalue weighted by molar-refractivity contribution is -0.383. The quantitative estimate of drug-likeness (QED) is 0.614. The van der Waals surface area contributed by atoms with E-state index in [1.165, 1.54) is 17.4 Å². The Labute approximate surface area is 109 Å². The van der Waals surface area contributed by atoms with Crippen LogP contribution in [0.1, 0.15) is 5.69 Å². The molecule has 0 spiro atoms. The zero-order valence-electron chi connectivity index (χ0n) is 9.94. The Balaban J connectivity index is 2.02. The summed E-state index contributed by atoms with van der Waals surface area (Å²) >= 11 is 1.38. The number of likely N-dealkylation sites (N-methyl/N-ethyl adjacent to an activating group) is 1. The van der Waals surface area contributed by atoms with Crippen LogP contribution in [0.15, 0.2) is 35.8 Å². The topological polar surface area (TPSA) is 59.3 Å². The molecule has 2 heterocycles. The summed E-state index contributed by atoms with van der Waals surface area (Å²) in [6, 6.07) is 7.31. The van der Waals surface area contributed by atoms with Gasteiger partial charge in [-0.25, -0.2) is 0 Å². The number of hydrogen-bond acceptors (Lipinski definition) is 5. The van der Waals surface area contributed by atoms with Gasteiger partial charge >= 0.3 is 5.69 Å².